The zero-order valence-electron chi connectivity index (χ0n) is 4.43. The third-order valence-electron chi connectivity index (χ3n) is 0.837. The second-order valence-corrected chi connectivity index (χ2v) is 2.26. The van der Waals surface area contributed by atoms with Crippen molar-refractivity contribution in [3.8, 4) is 6.07 Å². The first-order valence-electron chi connectivity index (χ1n) is 2.26. The smallest absolute Gasteiger partial charge is 0.102 e. The quantitative estimate of drug-likeness (QED) is 0.609. The van der Waals surface area contributed by atoms with E-state index < -0.39 is 0 Å². The summed E-state index contributed by atoms with van der Waals surface area (Å²) in [5, 5.41) is 8.38. The van der Waals surface area contributed by atoms with Crippen molar-refractivity contribution >= 4 is 15.9 Å². The Morgan fingerprint density at radius 2 is 2.56 bits per heavy atom. The van der Waals surface area contributed by atoms with Crippen molar-refractivity contribution in [3.05, 3.63) is 28.5 Å². The van der Waals surface area contributed by atoms with Crippen LogP contribution in [0, 0.1) is 17.5 Å². The predicted molar refractivity (Wildman–Crippen MR) is 35.5 cm³/mol. The third-order valence-corrected chi connectivity index (χ3v) is 1.49. The average molecular weight is 182 g/mol. The van der Waals surface area contributed by atoms with Crippen LogP contribution in [0.2, 0.25) is 0 Å². The molecule has 9 heavy (non-hydrogen) atoms. The van der Waals surface area contributed by atoms with Crippen LogP contribution in [-0.2, 0) is 0 Å². The van der Waals surface area contributed by atoms with Crippen LogP contribution in [0.15, 0.2) is 16.7 Å². The van der Waals surface area contributed by atoms with E-state index in [2.05, 4.69) is 27.1 Å². The molecule has 0 fully saturated rings. The first-order valence-corrected chi connectivity index (χ1v) is 3.05. The van der Waals surface area contributed by atoms with Crippen molar-refractivity contribution in [2.24, 2.45) is 0 Å². The molecule has 0 aromatic carbocycles. The van der Waals surface area contributed by atoms with Gasteiger partial charge < -0.3 is 0 Å². The Balaban J connectivity index is 3.20. The molecule has 3 heteroatoms. The van der Waals surface area contributed by atoms with E-state index in [9.17, 15) is 0 Å². The van der Waals surface area contributed by atoms with E-state index in [-0.39, 0.29) is 0 Å². The highest BCUT2D eigenvalue weighted by atomic mass is 79.9. The lowest BCUT2D eigenvalue weighted by atomic mass is 10.3. The van der Waals surface area contributed by atoms with Crippen LogP contribution in [-0.4, -0.2) is 4.98 Å². The Kier molecular flexibility index (Phi) is 1.81. The van der Waals surface area contributed by atoms with E-state index in [1.165, 1.54) is 6.20 Å². The summed E-state index contributed by atoms with van der Waals surface area (Å²) in [5.41, 5.74) is 0.536. The molecule has 0 amide bonds. The Labute approximate surface area is 61.3 Å². The monoisotopic (exact) mass is 181 g/mol. The summed E-state index contributed by atoms with van der Waals surface area (Å²) in [4.78, 5) is 3.64. The van der Waals surface area contributed by atoms with Crippen molar-refractivity contribution in [1.29, 1.82) is 5.26 Å². The Morgan fingerprint density at radius 3 is 3.00 bits per heavy atom. The lowest BCUT2D eigenvalue weighted by Gasteiger charge is -1.87. The molecule has 1 aromatic rings. The summed E-state index contributed by atoms with van der Waals surface area (Å²) in [6.45, 7) is 0. The van der Waals surface area contributed by atoms with E-state index in [0.717, 1.165) is 4.47 Å². The number of hydrogen-bond donors (Lipinski definition) is 0. The summed E-state index contributed by atoms with van der Waals surface area (Å²) in [5.74, 6) is 0. The Hall–Kier alpha value is -0.880. The van der Waals surface area contributed by atoms with Crippen LogP contribution >= 0.6 is 15.9 Å². The van der Waals surface area contributed by atoms with Crippen LogP contribution in [0.25, 0.3) is 0 Å². The molecule has 43 valence electrons. The lowest BCUT2D eigenvalue weighted by Crippen LogP contribution is -1.77. The number of nitrogens with zero attached hydrogens (tertiary/aromatic N) is 2. The zero-order chi connectivity index (χ0) is 6.69. The molecule has 0 spiro atoms. The molecule has 0 saturated carbocycles. The zero-order valence-corrected chi connectivity index (χ0v) is 6.01. The summed E-state index contributed by atoms with van der Waals surface area (Å²) in [6, 6.07) is 3.58. The minimum absolute atomic E-state index is 0.536. The second-order valence-electron chi connectivity index (χ2n) is 1.41. The number of nitriles is 1. The van der Waals surface area contributed by atoms with E-state index in [0.29, 0.717) is 5.56 Å². The molecule has 1 rings (SSSR count). The predicted octanol–water partition coefficient (Wildman–Crippen LogP) is 1.52. The second kappa shape index (κ2) is 2.60. The largest absolute Gasteiger partial charge is 0.253 e. The van der Waals surface area contributed by atoms with Crippen molar-refractivity contribution in [1.82, 2.24) is 4.98 Å². The minimum atomic E-state index is 0.536. The van der Waals surface area contributed by atoms with Crippen LogP contribution in [0.1, 0.15) is 5.56 Å². The molecule has 0 aliphatic heterocycles. The van der Waals surface area contributed by atoms with Crippen LogP contribution in [0.4, 0.5) is 0 Å². The van der Waals surface area contributed by atoms with Crippen LogP contribution in [0.5, 0.6) is 0 Å². The molecule has 0 aliphatic carbocycles. The molecule has 1 aromatic heterocycles. The topological polar surface area (TPSA) is 36.7 Å². The van der Waals surface area contributed by atoms with Gasteiger partial charge in [0.15, 0.2) is 0 Å². The molecule has 0 aliphatic rings. The SMILES string of the molecule is N#Cc1cn[c]cc1Br. The molecule has 0 saturated heterocycles. The van der Waals surface area contributed by atoms with Gasteiger partial charge in [-0.2, -0.15) is 5.26 Å². The summed E-state index contributed by atoms with van der Waals surface area (Å²) < 4.78 is 0.736. The number of rotatable bonds is 0. The van der Waals surface area contributed by atoms with Crippen molar-refractivity contribution in [2.75, 3.05) is 0 Å². The Bertz CT molecular complexity index is 251. The molecule has 0 atom stereocenters. The van der Waals surface area contributed by atoms with Crippen molar-refractivity contribution < 1.29 is 0 Å². The average Bonchev–Trinajstić information content (AvgIpc) is 1.89. The third kappa shape index (κ3) is 1.27. The van der Waals surface area contributed by atoms with E-state index in [1.54, 1.807) is 6.07 Å². The van der Waals surface area contributed by atoms with Gasteiger partial charge in [0.05, 0.1) is 11.8 Å². The highest BCUT2D eigenvalue weighted by Gasteiger charge is 1.93. The molecular weight excluding hydrogens is 180 g/mol. The molecule has 1 radical (unpaired) electrons. The van der Waals surface area contributed by atoms with Crippen molar-refractivity contribution in [2.45, 2.75) is 0 Å². The van der Waals surface area contributed by atoms with Crippen molar-refractivity contribution in [3.63, 3.8) is 0 Å². The molecule has 2 nitrogen and oxygen atoms in total. The van der Waals surface area contributed by atoms with E-state index in [1.807, 2.05) is 6.07 Å². The molecule has 0 bridgehead atoms. The maximum Gasteiger partial charge on any atom is 0.102 e. The summed E-state index contributed by atoms with van der Waals surface area (Å²) in [7, 11) is 0. The number of halogens is 1. The lowest BCUT2D eigenvalue weighted by molar-refractivity contribution is 1.27. The van der Waals surface area contributed by atoms with Gasteiger partial charge in [-0.05, 0) is 22.0 Å². The standard InChI is InChI=1S/C6H2BrN2/c7-6-1-2-9-4-5(6)3-8/h1,4H. The number of hydrogen-bond acceptors (Lipinski definition) is 2. The Morgan fingerprint density at radius 1 is 1.78 bits per heavy atom. The van der Waals surface area contributed by atoms with Gasteiger partial charge in [0, 0.05) is 10.7 Å². The summed E-state index contributed by atoms with van der Waals surface area (Å²) in [6.07, 6.45) is 4.05. The van der Waals surface area contributed by atoms with Gasteiger partial charge >= 0.3 is 0 Å². The maximum atomic E-state index is 8.38. The fraction of sp³-hybridized carbons (Fsp3) is 0. The van der Waals surface area contributed by atoms with Gasteiger partial charge in [0.25, 0.3) is 0 Å². The van der Waals surface area contributed by atoms with Gasteiger partial charge in [-0.25, -0.2) is 0 Å². The highest BCUT2D eigenvalue weighted by Crippen LogP contribution is 2.11. The van der Waals surface area contributed by atoms with Gasteiger partial charge in [0.2, 0.25) is 0 Å². The first kappa shape index (κ1) is 6.24. The number of aromatic nitrogens is 1. The fourth-order valence-electron chi connectivity index (χ4n) is 0.417. The van der Waals surface area contributed by atoms with Gasteiger partial charge in [-0.3, -0.25) is 4.98 Å². The van der Waals surface area contributed by atoms with Crippen LogP contribution < -0.4 is 0 Å². The first-order chi connectivity index (χ1) is 4.34. The van der Waals surface area contributed by atoms with Gasteiger partial charge in [-0.1, -0.05) is 0 Å². The van der Waals surface area contributed by atoms with Crippen LogP contribution in [0.3, 0.4) is 0 Å². The fourth-order valence-corrected chi connectivity index (χ4v) is 0.711. The molecule has 0 N–H and O–H groups in total. The molecular formula is C6H2BrN2. The van der Waals surface area contributed by atoms with Gasteiger partial charge in [0.1, 0.15) is 6.07 Å². The van der Waals surface area contributed by atoms with E-state index >= 15 is 0 Å². The maximum absolute atomic E-state index is 8.38. The highest BCUT2D eigenvalue weighted by molar-refractivity contribution is 9.10. The van der Waals surface area contributed by atoms with E-state index in [4.69, 9.17) is 5.26 Å². The normalized spacial score (nSPS) is 8.44. The molecule has 0 unspecified atom stereocenters. The van der Waals surface area contributed by atoms with Gasteiger partial charge in [-0.15, -0.1) is 0 Å². The summed E-state index contributed by atoms with van der Waals surface area (Å²) >= 11 is 3.16. The number of pyridine rings is 1. The molecule has 1 heterocycles. The minimum Gasteiger partial charge on any atom is -0.253 e.